The van der Waals surface area contributed by atoms with Gasteiger partial charge in [0.05, 0.1) is 23.2 Å². The number of hydrogen-bond acceptors (Lipinski definition) is 4. The third kappa shape index (κ3) is 3.34. The fraction of sp³-hybridized carbons (Fsp3) is 0.733. The van der Waals surface area contributed by atoms with Crippen LogP contribution in [0.5, 0.6) is 0 Å². The number of carbonyl (C=O) groups excluding carboxylic acids is 1. The zero-order valence-electron chi connectivity index (χ0n) is 12.9. The molecule has 6 nitrogen and oxygen atoms in total. The molecular weight excluding hydrogens is 302 g/mol. The molecule has 0 bridgehead atoms. The fourth-order valence-electron chi connectivity index (χ4n) is 3.45. The third-order valence-corrected chi connectivity index (χ3v) is 6.39. The van der Waals surface area contributed by atoms with E-state index in [0.717, 1.165) is 31.4 Å². The lowest BCUT2D eigenvalue weighted by Gasteiger charge is -2.21. The first kappa shape index (κ1) is 15.5. The Morgan fingerprint density at radius 1 is 1.27 bits per heavy atom. The Morgan fingerprint density at radius 3 is 2.64 bits per heavy atom. The second-order valence-corrected chi connectivity index (χ2v) is 8.73. The predicted molar refractivity (Wildman–Crippen MR) is 84.5 cm³/mol. The van der Waals surface area contributed by atoms with Crippen LogP contribution in [-0.2, 0) is 14.6 Å². The highest BCUT2D eigenvalue weighted by Crippen LogP contribution is 2.29. The van der Waals surface area contributed by atoms with E-state index in [2.05, 4.69) is 10.4 Å². The van der Waals surface area contributed by atoms with Gasteiger partial charge in [0.1, 0.15) is 5.82 Å². The van der Waals surface area contributed by atoms with Crippen molar-refractivity contribution < 1.29 is 13.2 Å². The van der Waals surface area contributed by atoms with E-state index in [1.165, 1.54) is 6.42 Å². The number of amides is 1. The number of aryl methyl sites for hydroxylation is 1. The average Bonchev–Trinajstić information content (AvgIpc) is 3.02. The van der Waals surface area contributed by atoms with Crippen LogP contribution in [0, 0.1) is 12.8 Å². The van der Waals surface area contributed by atoms with E-state index >= 15 is 0 Å². The summed E-state index contributed by atoms with van der Waals surface area (Å²) in [6.45, 7) is 1.86. The summed E-state index contributed by atoms with van der Waals surface area (Å²) in [6, 6.07) is 1.66. The summed E-state index contributed by atoms with van der Waals surface area (Å²) in [5, 5.41) is 7.37. The van der Waals surface area contributed by atoms with Crippen LogP contribution in [0.1, 0.15) is 50.3 Å². The van der Waals surface area contributed by atoms with Crippen LogP contribution in [0.4, 0.5) is 5.82 Å². The molecule has 1 atom stereocenters. The molecule has 1 aromatic heterocycles. The molecule has 7 heteroatoms. The SMILES string of the molecule is Cc1cc(NC(=O)C2CCCCC2)n(C2CCS(=O)(=O)C2)n1. The van der Waals surface area contributed by atoms with Crippen LogP contribution >= 0.6 is 0 Å². The number of aromatic nitrogens is 2. The highest BCUT2D eigenvalue weighted by Gasteiger charge is 2.32. The fourth-order valence-corrected chi connectivity index (χ4v) is 5.14. The van der Waals surface area contributed by atoms with Gasteiger partial charge in [0.2, 0.25) is 5.91 Å². The molecule has 0 radical (unpaired) electrons. The summed E-state index contributed by atoms with van der Waals surface area (Å²) in [7, 11) is -2.97. The summed E-state index contributed by atoms with van der Waals surface area (Å²) < 4.78 is 25.0. The van der Waals surface area contributed by atoms with Crippen molar-refractivity contribution in [1.82, 2.24) is 9.78 Å². The first-order chi connectivity index (χ1) is 10.4. The van der Waals surface area contributed by atoms with Gasteiger partial charge in [-0.05, 0) is 26.2 Å². The van der Waals surface area contributed by atoms with Crippen molar-refractivity contribution in [3.8, 4) is 0 Å². The Kier molecular flexibility index (Phi) is 4.25. The van der Waals surface area contributed by atoms with E-state index in [1.807, 2.05) is 13.0 Å². The monoisotopic (exact) mass is 325 g/mol. The molecule has 22 heavy (non-hydrogen) atoms. The van der Waals surface area contributed by atoms with Crippen molar-refractivity contribution in [1.29, 1.82) is 0 Å². The van der Waals surface area contributed by atoms with Crippen LogP contribution in [0.15, 0.2) is 6.07 Å². The second-order valence-electron chi connectivity index (χ2n) is 6.50. The van der Waals surface area contributed by atoms with Crippen molar-refractivity contribution in [2.45, 2.75) is 51.5 Å². The maximum Gasteiger partial charge on any atom is 0.228 e. The minimum atomic E-state index is -2.97. The minimum Gasteiger partial charge on any atom is -0.311 e. The van der Waals surface area contributed by atoms with E-state index in [1.54, 1.807) is 4.68 Å². The number of hydrogen-bond donors (Lipinski definition) is 1. The van der Waals surface area contributed by atoms with Crippen LogP contribution in [-0.4, -0.2) is 35.6 Å². The van der Waals surface area contributed by atoms with Gasteiger partial charge in [0.15, 0.2) is 9.84 Å². The standard InChI is InChI=1S/C15H23N3O3S/c1-11-9-14(16-15(19)12-5-3-2-4-6-12)18(17-11)13-7-8-22(20,21)10-13/h9,12-13H,2-8,10H2,1H3,(H,16,19). The lowest BCUT2D eigenvalue weighted by Crippen LogP contribution is -2.27. The first-order valence-corrected chi connectivity index (χ1v) is 9.84. The van der Waals surface area contributed by atoms with Gasteiger partial charge in [-0.15, -0.1) is 0 Å². The molecule has 2 fully saturated rings. The molecule has 1 saturated carbocycles. The molecule has 1 N–H and O–H groups in total. The lowest BCUT2D eigenvalue weighted by molar-refractivity contribution is -0.120. The number of rotatable bonds is 3. The van der Waals surface area contributed by atoms with Crippen molar-refractivity contribution >= 4 is 21.6 Å². The van der Waals surface area contributed by atoms with E-state index in [4.69, 9.17) is 0 Å². The molecule has 1 unspecified atom stereocenters. The van der Waals surface area contributed by atoms with Crippen LogP contribution < -0.4 is 5.32 Å². The minimum absolute atomic E-state index is 0.0432. The van der Waals surface area contributed by atoms with Crippen LogP contribution in [0.25, 0.3) is 0 Å². The number of carbonyl (C=O) groups is 1. The highest BCUT2D eigenvalue weighted by atomic mass is 32.2. The first-order valence-electron chi connectivity index (χ1n) is 8.02. The molecule has 1 aliphatic heterocycles. The zero-order valence-corrected chi connectivity index (χ0v) is 13.7. The smallest absolute Gasteiger partial charge is 0.228 e. The third-order valence-electron chi connectivity index (χ3n) is 4.64. The normalized spacial score (nSPS) is 25.2. The Morgan fingerprint density at radius 2 is 2.00 bits per heavy atom. The number of nitrogens with one attached hydrogen (secondary N) is 1. The summed E-state index contributed by atoms with van der Waals surface area (Å²) >= 11 is 0. The maximum atomic E-state index is 12.4. The van der Waals surface area contributed by atoms with Gasteiger partial charge in [0.25, 0.3) is 0 Å². The van der Waals surface area contributed by atoms with E-state index in [9.17, 15) is 13.2 Å². The molecule has 0 aromatic carbocycles. The number of nitrogens with zero attached hydrogens (tertiary/aromatic N) is 2. The van der Waals surface area contributed by atoms with Gasteiger partial charge in [-0.2, -0.15) is 5.10 Å². The van der Waals surface area contributed by atoms with Gasteiger partial charge in [-0.3, -0.25) is 4.79 Å². The Balaban J connectivity index is 1.75. The summed E-state index contributed by atoms with van der Waals surface area (Å²) in [4.78, 5) is 12.4. The molecule has 2 heterocycles. The molecule has 1 amide bonds. The van der Waals surface area contributed by atoms with Crippen molar-refractivity contribution in [3.63, 3.8) is 0 Å². The van der Waals surface area contributed by atoms with Gasteiger partial charge < -0.3 is 5.32 Å². The second kappa shape index (κ2) is 6.02. The summed E-state index contributed by atoms with van der Waals surface area (Å²) in [5.74, 6) is 1.06. The van der Waals surface area contributed by atoms with Gasteiger partial charge in [0, 0.05) is 12.0 Å². The van der Waals surface area contributed by atoms with Crippen molar-refractivity contribution in [2.24, 2.45) is 5.92 Å². The average molecular weight is 325 g/mol. The molecule has 1 saturated heterocycles. The molecular formula is C15H23N3O3S. The highest BCUT2D eigenvalue weighted by molar-refractivity contribution is 7.91. The molecule has 0 spiro atoms. The van der Waals surface area contributed by atoms with E-state index in [-0.39, 0.29) is 29.4 Å². The van der Waals surface area contributed by atoms with Crippen molar-refractivity contribution in [3.05, 3.63) is 11.8 Å². The number of sulfone groups is 1. The topological polar surface area (TPSA) is 81.1 Å². The largest absolute Gasteiger partial charge is 0.311 e. The predicted octanol–water partition coefficient (Wildman–Crippen LogP) is 2.07. The Hall–Kier alpha value is -1.37. The summed E-state index contributed by atoms with van der Waals surface area (Å²) in [5.41, 5.74) is 0.795. The van der Waals surface area contributed by atoms with Crippen LogP contribution in [0.2, 0.25) is 0 Å². The lowest BCUT2D eigenvalue weighted by atomic mass is 9.89. The summed E-state index contributed by atoms with van der Waals surface area (Å²) in [6.07, 6.45) is 5.87. The zero-order chi connectivity index (χ0) is 15.7. The van der Waals surface area contributed by atoms with Crippen LogP contribution in [0.3, 0.4) is 0 Å². The Bertz CT molecular complexity index is 660. The number of anilines is 1. The maximum absolute atomic E-state index is 12.4. The molecule has 122 valence electrons. The molecule has 3 rings (SSSR count). The van der Waals surface area contributed by atoms with Gasteiger partial charge in [-0.25, -0.2) is 13.1 Å². The van der Waals surface area contributed by atoms with Gasteiger partial charge in [-0.1, -0.05) is 19.3 Å². The Labute approximate surface area is 131 Å². The van der Waals surface area contributed by atoms with E-state index in [0.29, 0.717) is 12.2 Å². The van der Waals surface area contributed by atoms with Crippen molar-refractivity contribution in [2.75, 3.05) is 16.8 Å². The quantitative estimate of drug-likeness (QED) is 0.922. The van der Waals surface area contributed by atoms with E-state index < -0.39 is 9.84 Å². The molecule has 1 aliphatic carbocycles. The molecule has 2 aliphatic rings. The molecule has 1 aromatic rings. The van der Waals surface area contributed by atoms with Gasteiger partial charge >= 0.3 is 0 Å².